The smallest absolute Gasteiger partial charge is 0.355 e. The predicted molar refractivity (Wildman–Crippen MR) is 130 cm³/mol. The number of hydrogen-bond acceptors (Lipinski definition) is 3. The van der Waals surface area contributed by atoms with Crippen molar-refractivity contribution in [3.8, 4) is 28.2 Å². The number of nitrogens with zero attached hydrogens (tertiary/aromatic N) is 3. The molecule has 0 amide bonds. The molecule has 1 unspecified atom stereocenters. The van der Waals surface area contributed by atoms with Gasteiger partial charge in [0.2, 0.25) is 0 Å². The number of allylic oxidation sites excluding steroid dienone is 4. The summed E-state index contributed by atoms with van der Waals surface area (Å²) in [5.41, 5.74) is 10.9. The van der Waals surface area contributed by atoms with Gasteiger partial charge in [-0.2, -0.15) is 4.68 Å². The molecular formula is C27H24N4O. The first-order valence-corrected chi connectivity index (χ1v) is 10.7. The molecule has 0 aliphatic heterocycles. The Morgan fingerprint density at radius 2 is 1.69 bits per heavy atom. The number of nitrogens with two attached hydrogens (primary N) is 1. The monoisotopic (exact) mass is 420 g/mol. The van der Waals surface area contributed by atoms with Gasteiger partial charge in [-0.3, -0.25) is 0 Å². The fraction of sp³-hybridized carbons (Fsp3) is 0.111. The number of hydrogen-bond donors (Lipinski definition) is 1. The second kappa shape index (κ2) is 8.19. The molecule has 0 bridgehead atoms. The van der Waals surface area contributed by atoms with Crippen molar-refractivity contribution in [3.05, 3.63) is 108 Å². The largest absolute Gasteiger partial charge is 0.399 e. The summed E-state index contributed by atoms with van der Waals surface area (Å²) in [4.78, 5) is 13.8. The average Bonchev–Trinajstić information content (AvgIpc) is 3.17. The molecule has 158 valence electrons. The van der Waals surface area contributed by atoms with Crippen LogP contribution < -0.4 is 11.4 Å². The highest BCUT2D eigenvalue weighted by Crippen LogP contribution is 2.30. The minimum atomic E-state index is -0.186. The Morgan fingerprint density at radius 1 is 0.938 bits per heavy atom. The Bertz CT molecular complexity index is 1390. The van der Waals surface area contributed by atoms with Crippen LogP contribution in [0.1, 0.15) is 13.3 Å². The molecule has 1 aliphatic carbocycles. The van der Waals surface area contributed by atoms with E-state index in [1.165, 1.54) is 4.68 Å². The zero-order valence-electron chi connectivity index (χ0n) is 17.8. The number of para-hydroxylation sites is 1. The Morgan fingerprint density at radius 3 is 2.47 bits per heavy atom. The topological polar surface area (TPSA) is 65.8 Å². The molecule has 2 N–H and O–H groups in total. The molecule has 1 atom stereocenters. The standard InChI is InChI=1S/C27H24N4O/c1-19-10-5-7-16-24(19)30-26(20-11-3-2-4-12-20)29-31(27(30)32)25-17-8-6-15-23(25)21-13-9-14-22(28)18-21/h2-9,11-19H,10,28H2,1H3. The zero-order valence-corrected chi connectivity index (χ0v) is 17.8. The fourth-order valence-corrected chi connectivity index (χ4v) is 4.17. The predicted octanol–water partition coefficient (Wildman–Crippen LogP) is 5.39. The third-order valence-corrected chi connectivity index (χ3v) is 5.80. The molecule has 4 aromatic rings. The normalized spacial score (nSPS) is 15.5. The van der Waals surface area contributed by atoms with Crippen LogP contribution in [0.15, 0.2) is 102 Å². The first-order valence-electron chi connectivity index (χ1n) is 10.7. The van der Waals surface area contributed by atoms with Crippen molar-refractivity contribution in [3.63, 3.8) is 0 Å². The van der Waals surface area contributed by atoms with Gasteiger partial charge in [0.15, 0.2) is 5.82 Å². The van der Waals surface area contributed by atoms with Crippen LogP contribution in [-0.4, -0.2) is 14.3 Å². The van der Waals surface area contributed by atoms with E-state index in [2.05, 4.69) is 13.0 Å². The van der Waals surface area contributed by atoms with Crippen LogP contribution in [0.3, 0.4) is 0 Å². The number of rotatable bonds is 4. The van der Waals surface area contributed by atoms with Crippen LogP contribution in [0.2, 0.25) is 0 Å². The quantitative estimate of drug-likeness (QED) is 0.450. The maximum atomic E-state index is 13.8. The lowest BCUT2D eigenvalue weighted by Crippen LogP contribution is -2.26. The van der Waals surface area contributed by atoms with E-state index in [1.807, 2.05) is 91.0 Å². The summed E-state index contributed by atoms with van der Waals surface area (Å²) in [5, 5.41) is 4.84. The zero-order chi connectivity index (χ0) is 22.1. The van der Waals surface area contributed by atoms with Gasteiger partial charge in [0.05, 0.1) is 5.69 Å². The van der Waals surface area contributed by atoms with Crippen molar-refractivity contribution >= 4 is 11.4 Å². The van der Waals surface area contributed by atoms with Crippen molar-refractivity contribution in [2.75, 3.05) is 5.73 Å². The van der Waals surface area contributed by atoms with Gasteiger partial charge >= 0.3 is 5.69 Å². The summed E-state index contributed by atoms with van der Waals surface area (Å²) in [5.74, 6) is 0.841. The molecule has 0 radical (unpaired) electrons. The molecular weight excluding hydrogens is 396 g/mol. The Labute approximate surface area is 186 Å². The molecule has 1 aliphatic rings. The minimum Gasteiger partial charge on any atom is -0.399 e. The van der Waals surface area contributed by atoms with E-state index in [0.717, 1.165) is 34.5 Å². The molecule has 1 aromatic heterocycles. The van der Waals surface area contributed by atoms with Gasteiger partial charge < -0.3 is 5.73 Å². The van der Waals surface area contributed by atoms with Gasteiger partial charge in [-0.25, -0.2) is 9.36 Å². The van der Waals surface area contributed by atoms with Gasteiger partial charge in [-0.05, 0) is 36.3 Å². The van der Waals surface area contributed by atoms with E-state index < -0.39 is 0 Å². The molecule has 32 heavy (non-hydrogen) atoms. The highest BCUT2D eigenvalue weighted by atomic mass is 16.2. The first kappa shape index (κ1) is 19.8. The summed E-state index contributed by atoms with van der Waals surface area (Å²) in [6, 6.07) is 25.3. The maximum absolute atomic E-state index is 13.8. The van der Waals surface area contributed by atoms with Crippen molar-refractivity contribution in [2.45, 2.75) is 13.3 Å². The third-order valence-electron chi connectivity index (χ3n) is 5.80. The minimum absolute atomic E-state index is 0.186. The summed E-state index contributed by atoms with van der Waals surface area (Å²) >= 11 is 0. The van der Waals surface area contributed by atoms with Crippen LogP contribution in [0, 0.1) is 5.92 Å². The molecule has 5 rings (SSSR count). The lowest BCUT2D eigenvalue weighted by molar-refractivity contribution is 0.704. The molecule has 0 saturated heterocycles. The third kappa shape index (κ3) is 3.48. The van der Waals surface area contributed by atoms with Crippen molar-refractivity contribution in [1.29, 1.82) is 0 Å². The van der Waals surface area contributed by atoms with Gasteiger partial charge in [0.25, 0.3) is 0 Å². The average molecular weight is 421 g/mol. The van der Waals surface area contributed by atoms with E-state index in [4.69, 9.17) is 10.8 Å². The Balaban J connectivity index is 1.77. The van der Waals surface area contributed by atoms with Crippen LogP contribution in [-0.2, 0) is 0 Å². The molecule has 5 heteroatoms. The van der Waals surface area contributed by atoms with Crippen molar-refractivity contribution in [1.82, 2.24) is 14.3 Å². The van der Waals surface area contributed by atoms with Crippen molar-refractivity contribution in [2.24, 2.45) is 5.92 Å². The van der Waals surface area contributed by atoms with Gasteiger partial charge in [0.1, 0.15) is 0 Å². The Hall–Kier alpha value is -4.12. The number of benzene rings is 3. The molecule has 0 spiro atoms. The Kier molecular flexibility index (Phi) is 5.07. The molecule has 1 heterocycles. The highest BCUT2D eigenvalue weighted by molar-refractivity contribution is 5.75. The summed E-state index contributed by atoms with van der Waals surface area (Å²) in [6.07, 6.45) is 7.03. The second-order valence-corrected chi connectivity index (χ2v) is 8.02. The van der Waals surface area contributed by atoms with Gasteiger partial charge in [0, 0.05) is 28.4 Å². The van der Waals surface area contributed by atoms with Crippen LogP contribution in [0.25, 0.3) is 33.9 Å². The van der Waals surface area contributed by atoms with Crippen LogP contribution in [0.5, 0.6) is 0 Å². The fourth-order valence-electron chi connectivity index (χ4n) is 4.17. The van der Waals surface area contributed by atoms with Crippen LogP contribution >= 0.6 is 0 Å². The lowest BCUT2D eigenvalue weighted by atomic mass is 9.98. The van der Waals surface area contributed by atoms with Crippen LogP contribution in [0.4, 0.5) is 5.69 Å². The highest BCUT2D eigenvalue weighted by Gasteiger charge is 2.23. The summed E-state index contributed by atoms with van der Waals surface area (Å²) < 4.78 is 3.26. The lowest BCUT2D eigenvalue weighted by Gasteiger charge is -2.18. The molecule has 3 aromatic carbocycles. The molecule has 0 fully saturated rings. The van der Waals surface area contributed by atoms with E-state index in [0.29, 0.717) is 11.5 Å². The van der Waals surface area contributed by atoms with Gasteiger partial charge in [-0.1, -0.05) is 79.7 Å². The van der Waals surface area contributed by atoms with E-state index in [9.17, 15) is 4.79 Å². The van der Waals surface area contributed by atoms with Crippen molar-refractivity contribution < 1.29 is 0 Å². The van der Waals surface area contributed by atoms with E-state index in [-0.39, 0.29) is 11.6 Å². The molecule has 5 nitrogen and oxygen atoms in total. The van der Waals surface area contributed by atoms with E-state index in [1.54, 1.807) is 4.57 Å². The number of nitrogen functional groups attached to an aromatic ring is 1. The summed E-state index contributed by atoms with van der Waals surface area (Å²) in [7, 11) is 0. The molecule has 0 saturated carbocycles. The number of anilines is 1. The van der Waals surface area contributed by atoms with E-state index >= 15 is 0 Å². The maximum Gasteiger partial charge on any atom is 0.355 e. The summed E-state index contributed by atoms with van der Waals surface area (Å²) in [6.45, 7) is 2.13. The van der Waals surface area contributed by atoms with Gasteiger partial charge in [-0.15, -0.1) is 5.10 Å². The SMILES string of the molecule is CC1CC=CC=C1n1c(-c2ccccc2)nn(-c2ccccc2-c2cccc(N)c2)c1=O. The number of aromatic nitrogens is 3. The first-order chi connectivity index (χ1) is 15.6. The second-order valence-electron chi connectivity index (χ2n) is 8.02.